The fourth-order valence-electron chi connectivity index (χ4n) is 1.56. The van der Waals surface area contributed by atoms with Crippen molar-refractivity contribution in [2.24, 2.45) is 0 Å². The molecule has 0 amide bonds. The van der Waals surface area contributed by atoms with E-state index in [0.29, 0.717) is 6.54 Å². The van der Waals surface area contributed by atoms with Gasteiger partial charge in [0.1, 0.15) is 6.04 Å². The maximum absolute atomic E-state index is 11.0. The van der Waals surface area contributed by atoms with Gasteiger partial charge in [0.2, 0.25) is 0 Å². The molecule has 0 aromatic heterocycles. The first-order chi connectivity index (χ1) is 7.49. The molecule has 0 heterocycles. The van der Waals surface area contributed by atoms with E-state index in [0.717, 1.165) is 19.3 Å². The average Bonchev–Trinajstić information content (AvgIpc) is 2.17. The third kappa shape index (κ3) is 6.40. The SMILES string of the molecule is CCCCCN(C)C(CCC(=O)O)C(=O)O. The number of likely N-dealkylation sites (N-methyl/N-ethyl adjacent to an activating group) is 1. The third-order valence-electron chi connectivity index (χ3n) is 2.56. The van der Waals surface area contributed by atoms with Gasteiger partial charge in [-0.1, -0.05) is 19.8 Å². The number of aliphatic carboxylic acids is 2. The highest BCUT2D eigenvalue weighted by atomic mass is 16.4. The van der Waals surface area contributed by atoms with Gasteiger partial charge in [0.25, 0.3) is 0 Å². The van der Waals surface area contributed by atoms with Crippen molar-refractivity contribution in [1.82, 2.24) is 4.90 Å². The van der Waals surface area contributed by atoms with Crippen LogP contribution in [0.15, 0.2) is 0 Å². The summed E-state index contributed by atoms with van der Waals surface area (Å²) in [5.41, 5.74) is 0. The predicted octanol–water partition coefficient (Wildman–Crippen LogP) is 1.43. The molecule has 0 spiro atoms. The Morgan fingerprint density at radius 2 is 1.88 bits per heavy atom. The second-order valence-corrected chi connectivity index (χ2v) is 3.97. The van der Waals surface area contributed by atoms with E-state index >= 15 is 0 Å². The van der Waals surface area contributed by atoms with Gasteiger partial charge in [-0.2, -0.15) is 0 Å². The van der Waals surface area contributed by atoms with Gasteiger partial charge in [-0.25, -0.2) is 0 Å². The molecule has 0 radical (unpaired) electrons. The van der Waals surface area contributed by atoms with Crippen molar-refractivity contribution >= 4 is 11.9 Å². The van der Waals surface area contributed by atoms with Gasteiger partial charge >= 0.3 is 11.9 Å². The van der Waals surface area contributed by atoms with E-state index in [1.54, 1.807) is 11.9 Å². The van der Waals surface area contributed by atoms with E-state index in [-0.39, 0.29) is 12.8 Å². The zero-order valence-electron chi connectivity index (χ0n) is 9.98. The predicted molar refractivity (Wildman–Crippen MR) is 60.4 cm³/mol. The lowest BCUT2D eigenvalue weighted by atomic mass is 10.1. The number of carboxylic acids is 2. The summed E-state index contributed by atoms with van der Waals surface area (Å²) >= 11 is 0. The Kier molecular flexibility index (Phi) is 7.54. The molecule has 0 aromatic rings. The number of carbonyl (C=O) groups is 2. The van der Waals surface area contributed by atoms with Gasteiger partial charge in [0.05, 0.1) is 0 Å². The molecule has 0 bridgehead atoms. The van der Waals surface area contributed by atoms with E-state index in [2.05, 4.69) is 6.92 Å². The molecule has 0 aliphatic heterocycles. The number of rotatable bonds is 9. The fraction of sp³-hybridized carbons (Fsp3) is 0.818. The van der Waals surface area contributed by atoms with Crippen molar-refractivity contribution in [2.45, 2.75) is 45.1 Å². The van der Waals surface area contributed by atoms with Crippen LogP contribution < -0.4 is 0 Å². The molecule has 2 N–H and O–H groups in total. The first-order valence-corrected chi connectivity index (χ1v) is 5.63. The minimum Gasteiger partial charge on any atom is -0.481 e. The summed E-state index contributed by atoms with van der Waals surface area (Å²) in [6.07, 6.45) is 3.16. The molecule has 94 valence electrons. The summed E-state index contributed by atoms with van der Waals surface area (Å²) in [4.78, 5) is 23.1. The number of unbranched alkanes of at least 4 members (excludes halogenated alkanes) is 2. The molecule has 1 atom stereocenters. The van der Waals surface area contributed by atoms with Crippen LogP contribution >= 0.6 is 0 Å². The van der Waals surface area contributed by atoms with E-state index in [1.807, 2.05) is 0 Å². The van der Waals surface area contributed by atoms with Crippen molar-refractivity contribution in [3.63, 3.8) is 0 Å². The van der Waals surface area contributed by atoms with Crippen LogP contribution in [-0.2, 0) is 9.59 Å². The molecular formula is C11H21NO4. The van der Waals surface area contributed by atoms with Crippen LogP contribution in [0.3, 0.4) is 0 Å². The molecule has 16 heavy (non-hydrogen) atoms. The summed E-state index contributed by atoms with van der Waals surface area (Å²) < 4.78 is 0. The van der Waals surface area contributed by atoms with Gasteiger partial charge in [-0.3, -0.25) is 14.5 Å². The van der Waals surface area contributed by atoms with Crippen LogP contribution in [-0.4, -0.2) is 46.7 Å². The minimum atomic E-state index is -0.951. The summed E-state index contributed by atoms with van der Waals surface area (Å²) in [6.45, 7) is 2.78. The summed E-state index contributed by atoms with van der Waals surface area (Å²) in [5, 5.41) is 17.5. The van der Waals surface area contributed by atoms with Gasteiger partial charge in [-0.15, -0.1) is 0 Å². The largest absolute Gasteiger partial charge is 0.481 e. The van der Waals surface area contributed by atoms with Crippen molar-refractivity contribution in [2.75, 3.05) is 13.6 Å². The standard InChI is InChI=1S/C11H21NO4/c1-3-4-5-8-12(2)9(11(15)16)6-7-10(13)14/h9H,3-8H2,1-2H3,(H,13,14)(H,15,16). The van der Waals surface area contributed by atoms with Crippen molar-refractivity contribution < 1.29 is 19.8 Å². The highest BCUT2D eigenvalue weighted by molar-refractivity contribution is 5.75. The number of hydrogen-bond acceptors (Lipinski definition) is 3. The second-order valence-electron chi connectivity index (χ2n) is 3.97. The molecule has 0 rings (SSSR count). The van der Waals surface area contributed by atoms with Crippen LogP contribution in [0.2, 0.25) is 0 Å². The third-order valence-corrected chi connectivity index (χ3v) is 2.56. The van der Waals surface area contributed by atoms with E-state index in [4.69, 9.17) is 10.2 Å². The summed E-state index contributed by atoms with van der Waals surface area (Å²) in [7, 11) is 1.73. The summed E-state index contributed by atoms with van der Waals surface area (Å²) in [5.74, 6) is -1.89. The molecule has 0 fully saturated rings. The highest BCUT2D eigenvalue weighted by Crippen LogP contribution is 2.08. The maximum Gasteiger partial charge on any atom is 0.320 e. The number of nitrogens with zero attached hydrogens (tertiary/aromatic N) is 1. The monoisotopic (exact) mass is 231 g/mol. The number of hydrogen-bond donors (Lipinski definition) is 2. The van der Waals surface area contributed by atoms with Crippen molar-refractivity contribution in [1.29, 1.82) is 0 Å². The second kappa shape index (κ2) is 8.10. The normalized spacial score (nSPS) is 12.7. The van der Waals surface area contributed by atoms with Crippen LogP contribution in [0, 0.1) is 0 Å². The van der Waals surface area contributed by atoms with Gasteiger partial charge in [0.15, 0.2) is 0 Å². The molecular weight excluding hydrogens is 210 g/mol. The fourth-order valence-corrected chi connectivity index (χ4v) is 1.56. The molecule has 0 aromatic carbocycles. The molecule has 0 aliphatic rings. The van der Waals surface area contributed by atoms with Gasteiger partial charge < -0.3 is 10.2 Å². The first-order valence-electron chi connectivity index (χ1n) is 5.63. The Labute approximate surface area is 96.1 Å². The molecule has 1 unspecified atom stereocenters. The van der Waals surface area contributed by atoms with Gasteiger partial charge in [0, 0.05) is 6.42 Å². The lowest BCUT2D eigenvalue weighted by Gasteiger charge is -2.23. The van der Waals surface area contributed by atoms with E-state index in [9.17, 15) is 9.59 Å². The van der Waals surface area contributed by atoms with Crippen LogP contribution in [0.5, 0.6) is 0 Å². The van der Waals surface area contributed by atoms with Crippen molar-refractivity contribution in [3.8, 4) is 0 Å². The Hall–Kier alpha value is -1.10. The highest BCUT2D eigenvalue weighted by Gasteiger charge is 2.22. The van der Waals surface area contributed by atoms with Crippen molar-refractivity contribution in [3.05, 3.63) is 0 Å². The van der Waals surface area contributed by atoms with Crippen LogP contribution in [0.1, 0.15) is 39.0 Å². The zero-order valence-corrected chi connectivity index (χ0v) is 9.98. The first kappa shape index (κ1) is 14.9. The lowest BCUT2D eigenvalue weighted by molar-refractivity contribution is -0.144. The molecule has 5 heteroatoms. The van der Waals surface area contributed by atoms with Gasteiger partial charge in [-0.05, 0) is 26.4 Å². The number of carboxylic acid groups (broad SMARTS) is 2. The topological polar surface area (TPSA) is 77.8 Å². The molecule has 0 saturated carbocycles. The zero-order chi connectivity index (χ0) is 12.6. The molecule has 5 nitrogen and oxygen atoms in total. The Morgan fingerprint density at radius 3 is 2.31 bits per heavy atom. The molecule has 0 saturated heterocycles. The average molecular weight is 231 g/mol. The van der Waals surface area contributed by atoms with E-state index in [1.165, 1.54) is 0 Å². The smallest absolute Gasteiger partial charge is 0.320 e. The Bertz CT molecular complexity index is 230. The summed E-state index contributed by atoms with van der Waals surface area (Å²) in [6, 6.07) is -0.687. The Morgan fingerprint density at radius 1 is 1.25 bits per heavy atom. The maximum atomic E-state index is 11.0. The quantitative estimate of drug-likeness (QED) is 0.587. The molecule has 0 aliphatic carbocycles. The lowest BCUT2D eigenvalue weighted by Crippen LogP contribution is -2.39. The van der Waals surface area contributed by atoms with Crippen LogP contribution in [0.4, 0.5) is 0 Å². The minimum absolute atomic E-state index is 0.102. The van der Waals surface area contributed by atoms with Crippen LogP contribution in [0.25, 0.3) is 0 Å². The van der Waals surface area contributed by atoms with E-state index < -0.39 is 18.0 Å². The Balaban J connectivity index is 4.08.